The van der Waals surface area contributed by atoms with Crippen molar-refractivity contribution < 1.29 is 13.9 Å². The highest BCUT2D eigenvalue weighted by atomic mass is 19.1. The Labute approximate surface area is 129 Å². The van der Waals surface area contributed by atoms with Crippen molar-refractivity contribution in [2.75, 3.05) is 0 Å². The van der Waals surface area contributed by atoms with E-state index in [1.165, 1.54) is 12.1 Å². The van der Waals surface area contributed by atoms with Gasteiger partial charge in [0.05, 0.1) is 0 Å². The van der Waals surface area contributed by atoms with E-state index in [1.807, 2.05) is 24.3 Å². The topological polar surface area (TPSA) is 38.3 Å². The highest BCUT2D eigenvalue weighted by Gasteiger charge is 2.38. The molecule has 0 bridgehead atoms. The van der Waals surface area contributed by atoms with Crippen molar-refractivity contribution in [3.05, 3.63) is 59.9 Å². The third-order valence-corrected chi connectivity index (χ3v) is 3.89. The van der Waals surface area contributed by atoms with Gasteiger partial charge in [-0.2, -0.15) is 0 Å². The van der Waals surface area contributed by atoms with E-state index in [1.54, 1.807) is 12.1 Å². The highest BCUT2D eigenvalue weighted by Crippen LogP contribution is 2.37. The number of amides is 1. The summed E-state index contributed by atoms with van der Waals surface area (Å²) < 4.78 is 18.4. The van der Waals surface area contributed by atoms with Gasteiger partial charge < -0.3 is 10.1 Å². The van der Waals surface area contributed by atoms with Crippen LogP contribution in [-0.2, 0) is 11.3 Å². The fourth-order valence-electron chi connectivity index (χ4n) is 2.32. The number of hydrogen-bond acceptors (Lipinski definition) is 2. The minimum absolute atomic E-state index is 0.138. The monoisotopic (exact) mass is 299 g/mol. The van der Waals surface area contributed by atoms with Gasteiger partial charge in [0.25, 0.3) is 0 Å². The fourth-order valence-corrected chi connectivity index (χ4v) is 2.32. The third-order valence-electron chi connectivity index (χ3n) is 3.89. The van der Waals surface area contributed by atoms with Gasteiger partial charge in [-0.15, -0.1) is 0 Å². The first kappa shape index (κ1) is 14.6. The maximum absolute atomic E-state index is 12.8. The molecule has 0 aliphatic heterocycles. The molecule has 114 valence electrons. The van der Waals surface area contributed by atoms with Crippen LogP contribution in [0.15, 0.2) is 48.5 Å². The molecule has 1 fully saturated rings. The molecule has 1 aliphatic carbocycles. The Kier molecular flexibility index (Phi) is 4.09. The molecule has 0 aromatic heterocycles. The molecule has 22 heavy (non-hydrogen) atoms. The van der Waals surface area contributed by atoms with E-state index in [2.05, 4.69) is 12.2 Å². The van der Waals surface area contributed by atoms with Gasteiger partial charge in [-0.3, -0.25) is 4.79 Å². The lowest BCUT2D eigenvalue weighted by Crippen LogP contribution is -2.24. The SMILES string of the molecule is C[C@@H]1C[C@@H]1C(=O)NCc1ccc(Oc2ccc(F)cc2)cc1. The Morgan fingerprint density at radius 3 is 2.23 bits per heavy atom. The number of ether oxygens (including phenoxy) is 1. The van der Waals surface area contributed by atoms with Crippen LogP contribution in [0, 0.1) is 17.7 Å². The smallest absolute Gasteiger partial charge is 0.223 e. The molecular weight excluding hydrogens is 281 g/mol. The van der Waals surface area contributed by atoms with Crippen molar-refractivity contribution >= 4 is 5.91 Å². The molecule has 4 heteroatoms. The molecular formula is C18H18FNO2. The first-order valence-corrected chi connectivity index (χ1v) is 7.42. The highest BCUT2D eigenvalue weighted by molar-refractivity contribution is 5.81. The second-order valence-corrected chi connectivity index (χ2v) is 5.74. The average molecular weight is 299 g/mol. The summed E-state index contributed by atoms with van der Waals surface area (Å²) in [5, 5.41) is 2.95. The van der Waals surface area contributed by atoms with Crippen LogP contribution in [0.5, 0.6) is 11.5 Å². The van der Waals surface area contributed by atoms with E-state index in [-0.39, 0.29) is 17.6 Å². The number of hydrogen-bond donors (Lipinski definition) is 1. The van der Waals surface area contributed by atoms with E-state index in [9.17, 15) is 9.18 Å². The predicted octanol–water partition coefficient (Wildman–Crippen LogP) is 3.89. The van der Waals surface area contributed by atoms with Crippen molar-refractivity contribution in [3.8, 4) is 11.5 Å². The molecule has 1 amide bonds. The Morgan fingerprint density at radius 2 is 1.68 bits per heavy atom. The first-order valence-electron chi connectivity index (χ1n) is 7.42. The van der Waals surface area contributed by atoms with Crippen LogP contribution in [0.25, 0.3) is 0 Å². The van der Waals surface area contributed by atoms with Crippen LogP contribution in [0.4, 0.5) is 4.39 Å². The standard InChI is InChI=1S/C18H18FNO2/c1-12-10-17(12)18(21)20-11-13-2-6-15(7-3-13)22-16-8-4-14(19)5-9-16/h2-9,12,17H,10-11H2,1H3,(H,20,21)/t12-,17+/m1/s1. The maximum Gasteiger partial charge on any atom is 0.223 e. The van der Waals surface area contributed by atoms with Crippen molar-refractivity contribution in [2.45, 2.75) is 19.9 Å². The zero-order chi connectivity index (χ0) is 15.5. The van der Waals surface area contributed by atoms with E-state index < -0.39 is 0 Å². The van der Waals surface area contributed by atoms with Gasteiger partial charge >= 0.3 is 0 Å². The summed E-state index contributed by atoms with van der Waals surface area (Å²) in [4.78, 5) is 11.8. The van der Waals surface area contributed by atoms with Crippen molar-refractivity contribution in [1.29, 1.82) is 0 Å². The number of halogens is 1. The van der Waals surface area contributed by atoms with Crippen LogP contribution >= 0.6 is 0 Å². The normalized spacial score (nSPS) is 19.5. The van der Waals surface area contributed by atoms with E-state index in [4.69, 9.17) is 4.74 Å². The molecule has 2 aromatic rings. The van der Waals surface area contributed by atoms with Gasteiger partial charge in [0.15, 0.2) is 0 Å². The Morgan fingerprint density at radius 1 is 1.14 bits per heavy atom. The van der Waals surface area contributed by atoms with Crippen molar-refractivity contribution in [2.24, 2.45) is 11.8 Å². The zero-order valence-electron chi connectivity index (χ0n) is 12.4. The lowest BCUT2D eigenvalue weighted by molar-refractivity contribution is -0.122. The zero-order valence-corrected chi connectivity index (χ0v) is 12.4. The molecule has 1 saturated carbocycles. The van der Waals surface area contributed by atoms with Gasteiger partial charge in [-0.1, -0.05) is 19.1 Å². The summed E-state index contributed by atoms with van der Waals surface area (Å²) in [7, 11) is 0. The Balaban J connectivity index is 1.53. The molecule has 1 aliphatic rings. The minimum Gasteiger partial charge on any atom is -0.457 e. The first-order chi connectivity index (χ1) is 10.6. The lowest BCUT2D eigenvalue weighted by atomic mass is 10.2. The summed E-state index contributed by atoms with van der Waals surface area (Å²) in [5.41, 5.74) is 1.02. The molecule has 0 unspecified atom stereocenters. The van der Waals surface area contributed by atoms with Gasteiger partial charge in [-0.05, 0) is 54.3 Å². The molecule has 2 atom stereocenters. The van der Waals surface area contributed by atoms with E-state index >= 15 is 0 Å². The second-order valence-electron chi connectivity index (χ2n) is 5.74. The molecule has 0 radical (unpaired) electrons. The number of carbonyl (C=O) groups excluding carboxylic acids is 1. The summed E-state index contributed by atoms with van der Waals surface area (Å²) >= 11 is 0. The van der Waals surface area contributed by atoms with Gasteiger partial charge in [0, 0.05) is 12.5 Å². The van der Waals surface area contributed by atoms with Crippen molar-refractivity contribution in [3.63, 3.8) is 0 Å². The number of carbonyl (C=O) groups is 1. The predicted molar refractivity (Wildman–Crippen MR) is 82.0 cm³/mol. The van der Waals surface area contributed by atoms with E-state index in [0.29, 0.717) is 24.0 Å². The quantitative estimate of drug-likeness (QED) is 0.909. The fraction of sp³-hybridized carbons (Fsp3) is 0.278. The van der Waals surface area contributed by atoms with Gasteiger partial charge in [-0.25, -0.2) is 4.39 Å². The van der Waals surface area contributed by atoms with Crippen LogP contribution in [-0.4, -0.2) is 5.91 Å². The molecule has 1 N–H and O–H groups in total. The number of rotatable bonds is 5. The van der Waals surface area contributed by atoms with Crippen LogP contribution < -0.4 is 10.1 Å². The summed E-state index contributed by atoms with van der Waals surface area (Å²) in [6, 6.07) is 13.4. The average Bonchev–Trinajstić information content (AvgIpc) is 3.26. The molecule has 3 rings (SSSR count). The third kappa shape index (κ3) is 3.64. The van der Waals surface area contributed by atoms with Crippen LogP contribution in [0.1, 0.15) is 18.9 Å². The van der Waals surface area contributed by atoms with Gasteiger partial charge in [0.2, 0.25) is 5.91 Å². The Bertz CT molecular complexity index is 652. The molecule has 0 spiro atoms. The largest absolute Gasteiger partial charge is 0.457 e. The van der Waals surface area contributed by atoms with Crippen LogP contribution in [0.3, 0.4) is 0 Å². The van der Waals surface area contributed by atoms with Crippen LogP contribution in [0.2, 0.25) is 0 Å². The molecule has 2 aromatic carbocycles. The van der Waals surface area contributed by atoms with Gasteiger partial charge in [0.1, 0.15) is 17.3 Å². The number of nitrogens with one attached hydrogen (secondary N) is 1. The Hall–Kier alpha value is -2.36. The van der Waals surface area contributed by atoms with Crippen molar-refractivity contribution in [1.82, 2.24) is 5.32 Å². The summed E-state index contributed by atoms with van der Waals surface area (Å²) in [6.07, 6.45) is 0.996. The number of benzene rings is 2. The van der Waals surface area contributed by atoms with E-state index in [0.717, 1.165) is 12.0 Å². The second kappa shape index (κ2) is 6.18. The molecule has 3 nitrogen and oxygen atoms in total. The molecule has 0 saturated heterocycles. The molecule has 0 heterocycles. The summed E-state index contributed by atoms with van der Waals surface area (Å²) in [5.74, 6) is 1.83. The lowest BCUT2D eigenvalue weighted by Gasteiger charge is -2.08. The minimum atomic E-state index is -0.288. The maximum atomic E-state index is 12.8. The summed E-state index contributed by atoms with van der Waals surface area (Å²) in [6.45, 7) is 2.62.